The molecule has 0 bridgehead atoms. The average Bonchev–Trinajstić information content (AvgIpc) is 2.23. The van der Waals surface area contributed by atoms with Gasteiger partial charge in [0, 0.05) is 0 Å². The number of benzene rings is 2. The maximum atomic E-state index is 2.29. The summed E-state index contributed by atoms with van der Waals surface area (Å²) in [5, 5.41) is 2.76. The Hall–Kier alpha value is -1.30. The summed E-state index contributed by atoms with van der Waals surface area (Å²) in [6.07, 6.45) is 1.11. The molecule has 2 aromatic rings. The van der Waals surface area contributed by atoms with Crippen LogP contribution in [0.2, 0.25) is 0 Å². The molecule has 0 spiro atoms. The Kier molecular flexibility index (Phi) is 2.28. The van der Waals surface area contributed by atoms with Crippen molar-refractivity contribution in [2.24, 2.45) is 0 Å². The van der Waals surface area contributed by atoms with E-state index in [-0.39, 0.29) is 0 Å². The molecule has 0 fully saturated rings. The molecule has 72 valence electrons. The zero-order chi connectivity index (χ0) is 10.1. The maximum Gasteiger partial charge on any atom is -0.0152 e. The van der Waals surface area contributed by atoms with Gasteiger partial charge in [-0.25, -0.2) is 0 Å². The van der Waals surface area contributed by atoms with Crippen LogP contribution in [0.15, 0.2) is 30.3 Å². The first-order chi connectivity index (χ1) is 6.72. The number of hydrogen-bond donors (Lipinski definition) is 0. The molecule has 0 heterocycles. The van der Waals surface area contributed by atoms with Gasteiger partial charge in [0.15, 0.2) is 0 Å². The van der Waals surface area contributed by atoms with Gasteiger partial charge >= 0.3 is 0 Å². The Morgan fingerprint density at radius 2 is 1.79 bits per heavy atom. The van der Waals surface area contributed by atoms with Crippen molar-refractivity contribution in [1.82, 2.24) is 0 Å². The van der Waals surface area contributed by atoms with E-state index < -0.39 is 0 Å². The molecule has 0 aromatic heterocycles. The third-order valence-corrected chi connectivity index (χ3v) is 3.03. The summed E-state index contributed by atoms with van der Waals surface area (Å²) in [5.41, 5.74) is 4.20. The van der Waals surface area contributed by atoms with Gasteiger partial charge in [-0.3, -0.25) is 0 Å². The maximum absolute atomic E-state index is 2.29. The van der Waals surface area contributed by atoms with Crippen molar-refractivity contribution < 1.29 is 0 Å². The molecule has 0 aliphatic rings. The summed E-state index contributed by atoms with van der Waals surface area (Å²) in [5.74, 6) is 0. The second-order valence-corrected chi connectivity index (χ2v) is 3.92. The minimum Gasteiger partial charge on any atom is -0.0613 e. The minimum atomic E-state index is 1.11. The van der Waals surface area contributed by atoms with E-state index in [4.69, 9.17) is 0 Å². The van der Waals surface area contributed by atoms with E-state index in [1.54, 1.807) is 0 Å². The van der Waals surface area contributed by atoms with Gasteiger partial charge in [-0.05, 0) is 47.7 Å². The van der Waals surface area contributed by atoms with Crippen LogP contribution in [0.4, 0.5) is 0 Å². The van der Waals surface area contributed by atoms with E-state index >= 15 is 0 Å². The van der Waals surface area contributed by atoms with Crippen molar-refractivity contribution in [1.29, 1.82) is 0 Å². The molecule has 0 atom stereocenters. The zero-order valence-electron chi connectivity index (χ0n) is 9.09. The van der Waals surface area contributed by atoms with E-state index in [1.165, 1.54) is 27.5 Å². The molecule has 0 aliphatic heterocycles. The van der Waals surface area contributed by atoms with Gasteiger partial charge < -0.3 is 0 Å². The number of hydrogen-bond acceptors (Lipinski definition) is 0. The molecule has 0 nitrogen and oxygen atoms in total. The van der Waals surface area contributed by atoms with Crippen LogP contribution in [0.25, 0.3) is 10.8 Å². The highest BCUT2D eigenvalue weighted by Crippen LogP contribution is 2.22. The number of fused-ring (bicyclic) bond motifs is 1. The predicted molar refractivity (Wildman–Crippen MR) is 62.8 cm³/mol. The van der Waals surface area contributed by atoms with Crippen LogP contribution < -0.4 is 0 Å². The fourth-order valence-corrected chi connectivity index (χ4v) is 1.86. The Morgan fingerprint density at radius 3 is 2.50 bits per heavy atom. The predicted octanol–water partition coefficient (Wildman–Crippen LogP) is 4.02. The standard InChI is InChI=1S/C14H16/c1-4-12-6-8-14-11(3)10(2)5-7-13(14)9-12/h5-9H,4H2,1-3H3. The molecule has 2 aromatic carbocycles. The van der Waals surface area contributed by atoms with Crippen molar-refractivity contribution in [3.05, 3.63) is 47.0 Å². The van der Waals surface area contributed by atoms with Crippen LogP contribution in [-0.4, -0.2) is 0 Å². The normalized spacial score (nSPS) is 10.8. The molecular formula is C14H16. The van der Waals surface area contributed by atoms with Crippen molar-refractivity contribution >= 4 is 10.8 Å². The van der Waals surface area contributed by atoms with Crippen LogP contribution in [0, 0.1) is 13.8 Å². The molecule has 0 N–H and O–H groups in total. The Labute approximate surface area is 85.6 Å². The van der Waals surface area contributed by atoms with E-state index in [2.05, 4.69) is 51.1 Å². The van der Waals surface area contributed by atoms with Gasteiger partial charge in [-0.2, -0.15) is 0 Å². The summed E-state index contributed by atoms with van der Waals surface area (Å²) >= 11 is 0. The first-order valence-electron chi connectivity index (χ1n) is 5.21. The highest BCUT2D eigenvalue weighted by molar-refractivity contribution is 5.87. The molecule has 0 heteroatoms. The SMILES string of the molecule is CCc1ccc2c(C)c(C)ccc2c1. The van der Waals surface area contributed by atoms with Crippen LogP contribution >= 0.6 is 0 Å². The van der Waals surface area contributed by atoms with Crippen molar-refractivity contribution in [2.75, 3.05) is 0 Å². The minimum absolute atomic E-state index is 1.11. The van der Waals surface area contributed by atoms with Crippen molar-refractivity contribution in [2.45, 2.75) is 27.2 Å². The van der Waals surface area contributed by atoms with Gasteiger partial charge in [-0.15, -0.1) is 0 Å². The third-order valence-electron chi connectivity index (χ3n) is 3.03. The Balaban J connectivity index is 2.74. The van der Waals surface area contributed by atoms with Crippen molar-refractivity contribution in [3.63, 3.8) is 0 Å². The lowest BCUT2D eigenvalue weighted by Crippen LogP contribution is -1.85. The van der Waals surface area contributed by atoms with Gasteiger partial charge in [0.25, 0.3) is 0 Å². The molecular weight excluding hydrogens is 168 g/mol. The number of aryl methyl sites for hydroxylation is 3. The van der Waals surface area contributed by atoms with Gasteiger partial charge in [0.2, 0.25) is 0 Å². The molecule has 14 heavy (non-hydrogen) atoms. The van der Waals surface area contributed by atoms with Crippen LogP contribution in [-0.2, 0) is 6.42 Å². The van der Waals surface area contributed by atoms with Crippen LogP contribution in [0.5, 0.6) is 0 Å². The van der Waals surface area contributed by atoms with Gasteiger partial charge in [0.05, 0.1) is 0 Å². The number of rotatable bonds is 1. The summed E-state index contributed by atoms with van der Waals surface area (Å²) in [6, 6.07) is 11.2. The van der Waals surface area contributed by atoms with Crippen LogP contribution in [0.3, 0.4) is 0 Å². The topological polar surface area (TPSA) is 0 Å². The average molecular weight is 184 g/mol. The lowest BCUT2D eigenvalue weighted by atomic mass is 9.99. The highest BCUT2D eigenvalue weighted by Gasteiger charge is 2.00. The molecule has 2 rings (SSSR count). The van der Waals surface area contributed by atoms with E-state index in [0.29, 0.717) is 0 Å². The third kappa shape index (κ3) is 1.41. The second-order valence-electron chi connectivity index (χ2n) is 3.92. The highest BCUT2D eigenvalue weighted by atomic mass is 14.0. The molecule has 0 saturated carbocycles. The largest absolute Gasteiger partial charge is 0.0613 e. The fraction of sp³-hybridized carbons (Fsp3) is 0.286. The van der Waals surface area contributed by atoms with Crippen molar-refractivity contribution in [3.8, 4) is 0 Å². The van der Waals surface area contributed by atoms with E-state index in [1.807, 2.05) is 0 Å². The zero-order valence-corrected chi connectivity index (χ0v) is 9.09. The second kappa shape index (κ2) is 3.45. The lowest BCUT2D eigenvalue weighted by Gasteiger charge is -2.06. The molecule has 0 radical (unpaired) electrons. The van der Waals surface area contributed by atoms with E-state index in [9.17, 15) is 0 Å². The quantitative estimate of drug-likeness (QED) is 0.628. The Bertz CT molecular complexity index is 467. The lowest BCUT2D eigenvalue weighted by molar-refractivity contribution is 1.15. The summed E-state index contributed by atoms with van der Waals surface area (Å²) in [4.78, 5) is 0. The summed E-state index contributed by atoms with van der Waals surface area (Å²) < 4.78 is 0. The van der Waals surface area contributed by atoms with Crippen LogP contribution in [0.1, 0.15) is 23.6 Å². The molecule has 0 saturated heterocycles. The smallest absolute Gasteiger partial charge is 0.0152 e. The fourth-order valence-electron chi connectivity index (χ4n) is 1.86. The summed E-state index contributed by atoms with van der Waals surface area (Å²) in [7, 11) is 0. The molecule has 0 amide bonds. The first kappa shape index (κ1) is 9.26. The first-order valence-corrected chi connectivity index (χ1v) is 5.21. The van der Waals surface area contributed by atoms with Gasteiger partial charge in [-0.1, -0.05) is 37.3 Å². The van der Waals surface area contributed by atoms with Gasteiger partial charge in [0.1, 0.15) is 0 Å². The summed E-state index contributed by atoms with van der Waals surface area (Å²) in [6.45, 7) is 6.56. The molecule has 0 unspecified atom stereocenters. The monoisotopic (exact) mass is 184 g/mol. The van der Waals surface area contributed by atoms with E-state index in [0.717, 1.165) is 6.42 Å². The molecule has 0 aliphatic carbocycles. The Morgan fingerprint density at radius 1 is 1.00 bits per heavy atom.